The van der Waals surface area contributed by atoms with Gasteiger partial charge in [-0.2, -0.15) is 0 Å². The second-order valence-electron chi connectivity index (χ2n) is 8.70. The Kier molecular flexibility index (Phi) is 6.58. The first-order chi connectivity index (χ1) is 16.6. The summed E-state index contributed by atoms with van der Waals surface area (Å²) >= 11 is 1.47. The molecular weight excluding hydrogens is 446 g/mol. The van der Waals surface area contributed by atoms with Crippen molar-refractivity contribution in [3.8, 4) is 5.75 Å². The van der Waals surface area contributed by atoms with Crippen molar-refractivity contribution in [3.05, 3.63) is 71.7 Å². The highest BCUT2D eigenvalue weighted by Gasteiger charge is 2.26. The molecule has 5 rings (SSSR count). The van der Waals surface area contributed by atoms with E-state index in [4.69, 9.17) is 4.74 Å². The number of piperidine rings is 1. The van der Waals surface area contributed by atoms with E-state index < -0.39 is 0 Å². The van der Waals surface area contributed by atoms with Crippen molar-refractivity contribution in [2.45, 2.75) is 37.4 Å². The SMILES string of the molecule is COc1ccc2[nH]cc(C3CCN(C(=O)CSc4nnc(C)n4Cc4ccccc4)CC3)c2c1. The van der Waals surface area contributed by atoms with Crippen LogP contribution in [0.25, 0.3) is 10.9 Å². The van der Waals surface area contributed by atoms with Crippen LogP contribution in [0.5, 0.6) is 5.75 Å². The van der Waals surface area contributed by atoms with Crippen LogP contribution < -0.4 is 4.74 Å². The maximum Gasteiger partial charge on any atom is 0.233 e. The predicted octanol–water partition coefficient (Wildman–Crippen LogP) is 4.62. The summed E-state index contributed by atoms with van der Waals surface area (Å²) in [6, 6.07) is 16.4. The van der Waals surface area contributed by atoms with E-state index in [-0.39, 0.29) is 5.91 Å². The van der Waals surface area contributed by atoms with Gasteiger partial charge in [-0.05, 0) is 55.0 Å². The fourth-order valence-electron chi connectivity index (χ4n) is 4.66. The molecule has 1 aliphatic rings. The van der Waals surface area contributed by atoms with Gasteiger partial charge in [0.25, 0.3) is 0 Å². The van der Waals surface area contributed by atoms with Gasteiger partial charge in [-0.3, -0.25) is 4.79 Å². The summed E-state index contributed by atoms with van der Waals surface area (Å²) in [5, 5.41) is 10.5. The number of fused-ring (bicyclic) bond motifs is 1. The zero-order valence-electron chi connectivity index (χ0n) is 19.5. The normalized spacial score (nSPS) is 14.6. The zero-order valence-corrected chi connectivity index (χ0v) is 20.3. The molecule has 8 heteroatoms. The summed E-state index contributed by atoms with van der Waals surface area (Å²) in [5.41, 5.74) is 3.64. The fourth-order valence-corrected chi connectivity index (χ4v) is 5.55. The van der Waals surface area contributed by atoms with Crippen LogP contribution in [0.1, 0.15) is 35.7 Å². The molecule has 1 amide bonds. The third-order valence-corrected chi connectivity index (χ3v) is 7.57. The Hall–Kier alpha value is -3.26. The van der Waals surface area contributed by atoms with E-state index in [1.165, 1.54) is 28.3 Å². The smallest absolute Gasteiger partial charge is 0.233 e. The highest BCUT2D eigenvalue weighted by molar-refractivity contribution is 7.99. The summed E-state index contributed by atoms with van der Waals surface area (Å²) in [7, 11) is 1.70. The largest absolute Gasteiger partial charge is 0.497 e. The number of nitrogens with zero attached hydrogens (tertiary/aromatic N) is 4. The summed E-state index contributed by atoms with van der Waals surface area (Å²) in [5.74, 6) is 2.70. The number of methoxy groups -OCH3 is 1. The van der Waals surface area contributed by atoms with Crippen LogP contribution in [0, 0.1) is 6.92 Å². The maximum atomic E-state index is 13.0. The van der Waals surface area contributed by atoms with Gasteiger partial charge in [-0.1, -0.05) is 42.1 Å². The topological polar surface area (TPSA) is 76.0 Å². The van der Waals surface area contributed by atoms with E-state index in [2.05, 4.69) is 50.2 Å². The number of carbonyl (C=O) groups is 1. The highest BCUT2D eigenvalue weighted by Crippen LogP contribution is 2.35. The lowest BCUT2D eigenvalue weighted by Gasteiger charge is -2.32. The fraction of sp³-hybridized carbons (Fsp3) is 0.346. The number of nitrogens with one attached hydrogen (secondary N) is 1. The monoisotopic (exact) mass is 475 g/mol. The number of aromatic nitrogens is 4. The minimum Gasteiger partial charge on any atom is -0.497 e. The van der Waals surface area contributed by atoms with Crippen molar-refractivity contribution in [3.63, 3.8) is 0 Å². The Balaban J connectivity index is 1.18. The first kappa shape index (κ1) is 22.5. The molecule has 2 aromatic carbocycles. The summed E-state index contributed by atoms with van der Waals surface area (Å²) < 4.78 is 7.48. The van der Waals surface area contributed by atoms with Crippen LogP contribution in [0.2, 0.25) is 0 Å². The zero-order chi connectivity index (χ0) is 23.5. The molecule has 4 aromatic rings. The quantitative estimate of drug-likeness (QED) is 0.395. The minimum atomic E-state index is 0.163. The summed E-state index contributed by atoms with van der Waals surface area (Å²) in [6.07, 6.45) is 4.04. The van der Waals surface area contributed by atoms with Gasteiger partial charge in [-0.15, -0.1) is 10.2 Å². The second-order valence-corrected chi connectivity index (χ2v) is 9.64. The van der Waals surface area contributed by atoms with Gasteiger partial charge < -0.3 is 19.2 Å². The lowest BCUT2D eigenvalue weighted by molar-refractivity contribution is -0.129. The van der Waals surface area contributed by atoms with E-state index in [0.717, 1.165) is 48.2 Å². The molecule has 34 heavy (non-hydrogen) atoms. The molecule has 2 aromatic heterocycles. The van der Waals surface area contributed by atoms with Crippen molar-refractivity contribution in [2.75, 3.05) is 26.0 Å². The third kappa shape index (κ3) is 4.68. The van der Waals surface area contributed by atoms with E-state index in [0.29, 0.717) is 18.2 Å². The van der Waals surface area contributed by atoms with Crippen molar-refractivity contribution in [1.82, 2.24) is 24.6 Å². The lowest BCUT2D eigenvalue weighted by Crippen LogP contribution is -2.39. The van der Waals surface area contributed by atoms with Crippen molar-refractivity contribution in [1.29, 1.82) is 0 Å². The minimum absolute atomic E-state index is 0.163. The van der Waals surface area contributed by atoms with Crippen LogP contribution in [0.15, 0.2) is 59.9 Å². The van der Waals surface area contributed by atoms with Crippen LogP contribution in [0.3, 0.4) is 0 Å². The van der Waals surface area contributed by atoms with Gasteiger partial charge in [0.1, 0.15) is 11.6 Å². The molecule has 0 saturated carbocycles. The number of carbonyl (C=O) groups excluding carboxylic acids is 1. The Bertz CT molecular complexity index is 1280. The maximum absolute atomic E-state index is 13.0. The number of aryl methyl sites for hydroxylation is 1. The van der Waals surface area contributed by atoms with E-state index in [1.807, 2.05) is 36.1 Å². The first-order valence-electron chi connectivity index (χ1n) is 11.6. The van der Waals surface area contributed by atoms with Crippen LogP contribution in [0.4, 0.5) is 0 Å². The van der Waals surface area contributed by atoms with Crippen molar-refractivity contribution >= 4 is 28.6 Å². The van der Waals surface area contributed by atoms with Crippen LogP contribution >= 0.6 is 11.8 Å². The van der Waals surface area contributed by atoms with Gasteiger partial charge in [-0.25, -0.2) is 0 Å². The third-order valence-electron chi connectivity index (χ3n) is 6.62. The number of hydrogen-bond donors (Lipinski definition) is 1. The average molecular weight is 476 g/mol. The Labute approximate surface area is 203 Å². The number of amides is 1. The molecule has 3 heterocycles. The van der Waals surface area contributed by atoms with Crippen LogP contribution in [-0.2, 0) is 11.3 Å². The molecule has 1 fully saturated rings. The molecule has 7 nitrogen and oxygen atoms in total. The number of benzene rings is 2. The van der Waals surface area contributed by atoms with E-state index >= 15 is 0 Å². The molecule has 0 radical (unpaired) electrons. The van der Waals surface area contributed by atoms with Crippen molar-refractivity contribution in [2.24, 2.45) is 0 Å². The molecule has 0 spiro atoms. The Morgan fingerprint density at radius 2 is 1.94 bits per heavy atom. The summed E-state index contributed by atoms with van der Waals surface area (Å²) in [6.45, 7) is 4.21. The van der Waals surface area contributed by atoms with E-state index in [1.54, 1.807) is 7.11 Å². The van der Waals surface area contributed by atoms with Crippen LogP contribution in [-0.4, -0.2) is 56.5 Å². The summed E-state index contributed by atoms with van der Waals surface area (Å²) in [4.78, 5) is 18.3. The molecular formula is C26H29N5O2S. The van der Waals surface area contributed by atoms with E-state index in [9.17, 15) is 4.79 Å². The molecule has 0 unspecified atom stereocenters. The standard InChI is InChI=1S/C26H29N5O2S/c1-18-28-29-26(31(18)16-19-6-4-3-5-7-19)34-17-25(32)30-12-10-20(11-13-30)23-15-27-24-9-8-21(33-2)14-22(23)24/h3-9,14-15,20,27H,10-13,16-17H2,1-2H3. The van der Waals surface area contributed by atoms with Gasteiger partial charge in [0, 0.05) is 30.2 Å². The highest BCUT2D eigenvalue weighted by atomic mass is 32.2. The number of rotatable bonds is 7. The predicted molar refractivity (Wildman–Crippen MR) is 134 cm³/mol. The molecule has 0 bridgehead atoms. The van der Waals surface area contributed by atoms with Gasteiger partial charge in [0.05, 0.1) is 19.4 Å². The van der Waals surface area contributed by atoms with Gasteiger partial charge in [0.2, 0.25) is 5.91 Å². The van der Waals surface area contributed by atoms with Gasteiger partial charge >= 0.3 is 0 Å². The van der Waals surface area contributed by atoms with Gasteiger partial charge in [0.15, 0.2) is 5.16 Å². The molecule has 0 aliphatic carbocycles. The molecule has 176 valence electrons. The average Bonchev–Trinajstić information content (AvgIpc) is 3.46. The molecule has 0 atom stereocenters. The number of aromatic amines is 1. The molecule has 1 aliphatic heterocycles. The van der Waals surface area contributed by atoms with Crippen molar-refractivity contribution < 1.29 is 9.53 Å². The number of likely N-dealkylation sites (tertiary alicyclic amines) is 1. The second kappa shape index (κ2) is 9.93. The molecule has 1 saturated heterocycles. The Morgan fingerprint density at radius 1 is 1.15 bits per heavy atom. The number of ether oxygens (including phenoxy) is 1. The number of thioether (sulfide) groups is 1. The lowest BCUT2D eigenvalue weighted by atomic mass is 9.89. The number of H-pyrrole nitrogens is 1. The number of hydrogen-bond acceptors (Lipinski definition) is 5. The Morgan fingerprint density at radius 3 is 2.71 bits per heavy atom. The first-order valence-corrected chi connectivity index (χ1v) is 12.6. The molecule has 1 N–H and O–H groups in total.